The third-order valence-electron chi connectivity index (χ3n) is 9.50. The van der Waals surface area contributed by atoms with Gasteiger partial charge in [-0.05, 0) is 43.2 Å². The molecular weight excluding hydrogens is 599 g/mol. The molecule has 3 unspecified atom stereocenters. The Bertz CT molecular complexity index is 1480. The molecule has 5 atom stereocenters. The van der Waals surface area contributed by atoms with Crippen LogP contribution in [0.15, 0.2) is 26.9 Å². The van der Waals surface area contributed by atoms with Crippen LogP contribution in [0.4, 0.5) is 0 Å². The zero-order valence-electron chi connectivity index (χ0n) is 26.6. The minimum Gasteiger partial charge on any atom is -0.414 e. The Morgan fingerprint density at radius 2 is 1.64 bits per heavy atom. The van der Waals surface area contributed by atoms with Crippen molar-refractivity contribution in [2.45, 2.75) is 121 Å². The molecule has 238 valence electrons. The van der Waals surface area contributed by atoms with Crippen LogP contribution in [0.1, 0.15) is 53.3 Å². The van der Waals surface area contributed by atoms with E-state index in [0.717, 1.165) is 9.98 Å². The molecule has 0 saturated carbocycles. The molecule has 1 aromatic rings. The van der Waals surface area contributed by atoms with Crippen molar-refractivity contribution in [2.24, 2.45) is 5.73 Å². The number of ether oxygens (including phenoxy) is 2. The number of rotatable bonds is 8. The molecule has 2 N–H and O–H groups in total. The molecule has 12 nitrogen and oxygen atoms in total. The van der Waals surface area contributed by atoms with E-state index in [4.69, 9.17) is 28.2 Å². The number of aromatic nitrogens is 2. The molecule has 42 heavy (non-hydrogen) atoms. The van der Waals surface area contributed by atoms with Gasteiger partial charge in [0.15, 0.2) is 28.5 Å². The summed E-state index contributed by atoms with van der Waals surface area (Å²) in [7, 11) is -9.24. The summed E-state index contributed by atoms with van der Waals surface area (Å²) in [6.07, 6.45) is -2.17. The van der Waals surface area contributed by atoms with Gasteiger partial charge in [-0.3, -0.25) is 13.9 Å². The maximum Gasteiger partial charge on any atom is 0.333 e. The summed E-state index contributed by atoms with van der Waals surface area (Å²) in [6.45, 7) is 22.7. The van der Waals surface area contributed by atoms with Crippen molar-refractivity contribution in [2.75, 3.05) is 13.2 Å². The SMILES string of the molecule is Cc1cn([C@@H]2OC(CO[Si](C)(C)C(C)(C)C)C3(OS(=O)(=O)C=C3N)[C@H]2O[Si](C)(C)C(C)(C)C)c(=O)n(CC2CO2)c1=O. The Balaban J connectivity index is 1.92. The molecule has 3 aliphatic heterocycles. The van der Waals surface area contributed by atoms with Crippen LogP contribution in [-0.4, -0.2) is 71.3 Å². The minimum absolute atomic E-state index is 0.0439. The maximum atomic E-state index is 13.9. The van der Waals surface area contributed by atoms with Gasteiger partial charge in [0.25, 0.3) is 15.7 Å². The summed E-state index contributed by atoms with van der Waals surface area (Å²) in [5.41, 5.74) is 3.90. The first-order valence-corrected chi connectivity index (χ1v) is 21.6. The van der Waals surface area contributed by atoms with E-state index in [1.165, 1.54) is 10.8 Å². The predicted molar refractivity (Wildman–Crippen MR) is 164 cm³/mol. The van der Waals surface area contributed by atoms with Crippen LogP contribution in [0, 0.1) is 6.92 Å². The fourth-order valence-corrected chi connectivity index (χ4v) is 8.20. The third kappa shape index (κ3) is 5.90. The van der Waals surface area contributed by atoms with Crippen molar-refractivity contribution in [1.82, 2.24) is 9.13 Å². The zero-order valence-corrected chi connectivity index (χ0v) is 29.5. The Morgan fingerprint density at radius 1 is 1.07 bits per heavy atom. The van der Waals surface area contributed by atoms with Crippen molar-refractivity contribution >= 4 is 26.8 Å². The number of nitrogens with two attached hydrogens (primary N) is 1. The van der Waals surface area contributed by atoms with Crippen LogP contribution in [0.25, 0.3) is 0 Å². The lowest BCUT2D eigenvalue weighted by molar-refractivity contribution is -0.0567. The van der Waals surface area contributed by atoms with E-state index in [-0.39, 0.29) is 35.0 Å². The second-order valence-corrected chi connectivity index (χ2v) is 25.7. The lowest BCUT2D eigenvalue weighted by Gasteiger charge is -2.43. The van der Waals surface area contributed by atoms with E-state index in [1.54, 1.807) is 6.92 Å². The van der Waals surface area contributed by atoms with Crippen LogP contribution in [0.2, 0.25) is 36.3 Å². The summed E-state index contributed by atoms with van der Waals surface area (Å²) in [6, 6.07) is 0. The molecule has 3 aliphatic rings. The third-order valence-corrected chi connectivity index (χ3v) is 19.5. The Hall–Kier alpha value is -1.60. The van der Waals surface area contributed by atoms with E-state index in [0.29, 0.717) is 12.2 Å². The first-order valence-electron chi connectivity index (χ1n) is 14.3. The fourth-order valence-electron chi connectivity index (χ4n) is 4.69. The maximum absolute atomic E-state index is 13.9. The van der Waals surface area contributed by atoms with E-state index in [1.807, 2.05) is 33.9 Å². The van der Waals surface area contributed by atoms with E-state index in [9.17, 15) is 18.0 Å². The molecule has 0 bridgehead atoms. The molecule has 2 saturated heterocycles. The summed E-state index contributed by atoms with van der Waals surface area (Å²) in [4.78, 5) is 26.9. The van der Waals surface area contributed by atoms with Crippen molar-refractivity contribution in [3.63, 3.8) is 0 Å². The summed E-state index contributed by atoms with van der Waals surface area (Å²) in [5, 5.41) is 0.445. The predicted octanol–water partition coefficient (Wildman–Crippen LogP) is 2.93. The summed E-state index contributed by atoms with van der Waals surface area (Å²) >= 11 is 0. The van der Waals surface area contributed by atoms with Crippen molar-refractivity contribution < 1.29 is 30.9 Å². The molecule has 0 amide bonds. The first-order chi connectivity index (χ1) is 18.9. The summed E-state index contributed by atoms with van der Waals surface area (Å²) in [5.74, 6) is 0. The smallest absolute Gasteiger partial charge is 0.333 e. The van der Waals surface area contributed by atoms with Gasteiger partial charge in [0.1, 0.15) is 12.2 Å². The Morgan fingerprint density at radius 3 is 2.12 bits per heavy atom. The number of hydrogen-bond acceptors (Lipinski definition) is 10. The zero-order chi connectivity index (χ0) is 31.8. The van der Waals surface area contributed by atoms with Crippen LogP contribution in [-0.2, 0) is 39.2 Å². The van der Waals surface area contributed by atoms with E-state index < -0.39 is 62.0 Å². The van der Waals surface area contributed by atoms with Gasteiger partial charge in [-0.25, -0.2) is 8.98 Å². The topological polar surface area (TPSA) is 154 Å². The lowest BCUT2D eigenvalue weighted by Crippen LogP contribution is -2.59. The van der Waals surface area contributed by atoms with Gasteiger partial charge >= 0.3 is 5.69 Å². The highest BCUT2D eigenvalue weighted by Gasteiger charge is 2.67. The van der Waals surface area contributed by atoms with Crippen LogP contribution >= 0.6 is 0 Å². The molecule has 4 heterocycles. The van der Waals surface area contributed by atoms with Gasteiger partial charge in [0.2, 0.25) is 0 Å². The second kappa shape index (κ2) is 10.5. The summed E-state index contributed by atoms with van der Waals surface area (Å²) < 4.78 is 59.5. The molecule has 0 radical (unpaired) electrons. The first kappa shape index (κ1) is 33.3. The normalized spacial score (nSPS) is 29.7. The Labute approximate surface area is 250 Å². The molecule has 4 rings (SSSR count). The van der Waals surface area contributed by atoms with Crippen molar-refractivity contribution in [3.8, 4) is 0 Å². The number of aryl methyl sites for hydroxylation is 1. The van der Waals surface area contributed by atoms with Gasteiger partial charge in [0.05, 0.1) is 37.0 Å². The van der Waals surface area contributed by atoms with Crippen molar-refractivity contribution in [3.05, 3.63) is 43.7 Å². The number of hydrogen-bond donors (Lipinski definition) is 1. The standard InChI is InChI=1S/C27H47N3O9SSi2/c1-17-12-30(24(32)29(22(17)31)13-18-14-35-18)23-21(38-42(10,11)26(5,6)7)27(19(28)16-40(33,34)39-27)20(37-23)15-36-41(8,9)25(2,3)4/h12,16,18,20-21,23H,13-15,28H2,1-11H3/t18?,20?,21-,23+,27?/m0/s1. The van der Waals surface area contributed by atoms with Gasteiger partial charge < -0.3 is 24.1 Å². The fraction of sp³-hybridized carbons (Fsp3) is 0.778. The largest absolute Gasteiger partial charge is 0.414 e. The average Bonchev–Trinajstić information content (AvgIpc) is 3.54. The number of epoxide rings is 1. The van der Waals surface area contributed by atoms with Gasteiger partial charge in [-0.15, -0.1) is 0 Å². The molecule has 0 aromatic carbocycles. The average molecular weight is 646 g/mol. The van der Waals surface area contributed by atoms with E-state index in [2.05, 4.69) is 33.9 Å². The Kier molecular flexibility index (Phi) is 8.32. The van der Waals surface area contributed by atoms with Crippen LogP contribution in [0.5, 0.6) is 0 Å². The van der Waals surface area contributed by atoms with Crippen LogP contribution in [0.3, 0.4) is 0 Å². The van der Waals surface area contributed by atoms with Crippen molar-refractivity contribution in [1.29, 1.82) is 0 Å². The van der Waals surface area contributed by atoms with Gasteiger partial charge in [-0.1, -0.05) is 41.5 Å². The molecule has 15 heteroatoms. The number of nitrogens with zero attached hydrogens (tertiary/aromatic N) is 2. The lowest BCUT2D eigenvalue weighted by atomic mass is 9.89. The molecule has 1 spiro atoms. The molecule has 1 aromatic heterocycles. The molecular formula is C27H47N3O9SSi2. The monoisotopic (exact) mass is 645 g/mol. The van der Waals surface area contributed by atoms with Crippen LogP contribution < -0.4 is 17.0 Å². The quantitative estimate of drug-likeness (QED) is 0.254. The second-order valence-electron chi connectivity index (χ2n) is 14.7. The van der Waals surface area contributed by atoms with Gasteiger partial charge in [0, 0.05) is 11.8 Å². The van der Waals surface area contributed by atoms with E-state index >= 15 is 0 Å². The molecule has 0 aliphatic carbocycles. The highest BCUT2D eigenvalue weighted by molar-refractivity contribution is 7.90. The highest BCUT2D eigenvalue weighted by Crippen LogP contribution is 2.52. The minimum atomic E-state index is -4.21. The molecule has 2 fully saturated rings. The van der Waals surface area contributed by atoms with Gasteiger partial charge in [-0.2, -0.15) is 8.42 Å². The highest BCUT2D eigenvalue weighted by atomic mass is 32.2.